The summed E-state index contributed by atoms with van der Waals surface area (Å²) in [6.07, 6.45) is 0. The van der Waals surface area contributed by atoms with Crippen LogP contribution in [0.1, 0.15) is 0 Å². The van der Waals surface area contributed by atoms with Crippen LogP contribution >= 0.6 is 11.6 Å². The highest BCUT2D eigenvalue weighted by molar-refractivity contribution is 6.32. The number of hydrogen-bond acceptors (Lipinski definition) is 3. The van der Waals surface area contributed by atoms with Crippen molar-refractivity contribution in [3.8, 4) is 5.75 Å². The van der Waals surface area contributed by atoms with Crippen molar-refractivity contribution < 1.29 is 13.9 Å². The molecule has 0 bridgehead atoms. The number of nitrogens with one attached hydrogen (secondary N) is 2. The highest BCUT2D eigenvalue weighted by atomic mass is 35.5. The third-order valence-corrected chi connectivity index (χ3v) is 2.68. The highest BCUT2D eigenvalue weighted by Crippen LogP contribution is 2.24. The van der Waals surface area contributed by atoms with E-state index in [0.717, 1.165) is 6.54 Å². The lowest BCUT2D eigenvalue weighted by molar-refractivity contribution is 0.235. The molecular formula is C13H19ClFN3O2. The van der Waals surface area contributed by atoms with E-state index >= 15 is 0 Å². The topological polar surface area (TPSA) is 53.6 Å². The zero-order valence-electron chi connectivity index (χ0n) is 11.6. The lowest BCUT2D eigenvalue weighted by Crippen LogP contribution is -2.40. The Hall–Kier alpha value is -1.53. The van der Waals surface area contributed by atoms with E-state index in [4.69, 9.17) is 16.3 Å². The van der Waals surface area contributed by atoms with Crippen LogP contribution in [0.4, 0.5) is 9.18 Å². The van der Waals surface area contributed by atoms with E-state index in [0.29, 0.717) is 18.8 Å². The van der Waals surface area contributed by atoms with E-state index in [1.165, 1.54) is 18.2 Å². The number of carbonyl (C=O) groups excluding carboxylic acids is 1. The number of nitrogens with zero attached hydrogens (tertiary/aromatic N) is 1. The Bertz CT molecular complexity index is 444. The molecule has 2 N–H and O–H groups in total. The number of likely N-dealkylation sites (N-methyl/N-ethyl adjacent to an activating group) is 1. The third-order valence-electron chi connectivity index (χ3n) is 2.38. The molecule has 0 spiro atoms. The molecule has 0 saturated carbocycles. The molecule has 20 heavy (non-hydrogen) atoms. The number of ether oxygens (including phenoxy) is 1. The van der Waals surface area contributed by atoms with Crippen molar-refractivity contribution >= 4 is 17.6 Å². The van der Waals surface area contributed by atoms with Crippen molar-refractivity contribution in [1.82, 2.24) is 15.5 Å². The molecule has 0 atom stereocenters. The normalized spacial score (nSPS) is 10.4. The van der Waals surface area contributed by atoms with Crippen molar-refractivity contribution in [2.24, 2.45) is 0 Å². The molecule has 112 valence electrons. The Kier molecular flexibility index (Phi) is 7.11. The van der Waals surface area contributed by atoms with Crippen LogP contribution in [0.25, 0.3) is 0 Å². The maximum Gasteiger partial charge on any atom is 0.314 e. The first-order valence-corrected chi connectivity index (χ1v) is 6.61. The van der Waals surface area contributed by atoms with Crippen molar-refractivity contribution in [2.45, 2.75) is 0 Å². The standard InChI is InChI=1S/C13H19ClFN3O2/c1-18(2)7-5-16-13(19)17-6-8-20-12-4-3-10(15)9-11(12)14/h3-4,9H,5-8H2,1-2H3,(H2,16,17,19). The molecule has 0 aliphatic carbocycles. The number of benzene rings is 1. The molecule has 1 aromatic carbocycles. The summed E-state index contributed by atoms with van der Waals surface area (Å²) in [6.45, 7) is 1.94. The molecule has 0 aliphatic rings. The van der Waals surface area contributed by atoms with E-state index < -0.39 is 5.82 Å². The van der Waals surface area contributed by atoms with Crippen LogP contribution in [-0.2, 0) is 0 Å². The maximum absolute atomic E-state index is 12.8. The number of amides is 2. The van der Waals surface area contributed by atoms with E-state index in [1.807, 2.05) is 19.0 Å². The summed E-state index contributed by atoms with van der Waals surface area (Å²) >= 11 is 5.80. The number of carbonyl (C=O) groups is 1. The quantitative estimate of drug-likeness (QED) is 0.754. The van der Waals surface area contributed by atoms with E-state index in [-0.39, 0.29) is 17.7 Å². The fourth-order valence-electron chi connectivity index (χ4n) is 1.37. The molecule has 0 aliphatic heterocycles. The molecule has 2 amide bonds. The number of rotatable bonds is 7. The van der Waals surface area contributed by atoms with Gasteiger partial charge in [-0.15, -0.1) is 0 Å². The van der Waals surface area contributed by atoms with Crippen molar-refractivity contribution in [2.75, 3.05) is 40.3 Å². The van der Waals surface area contributed by atoms with Gasteiger partial charge in [0, 0.05) is 13.1 Å². The first kappa shape index (κ1) is 16.5. The lowest BCUT2D eigenvalue weighted by Gasteiger charge is -2.12. The molecule has 5 nitrogen and oxygen atoms in total. The molecule has 0 aromatic heterocycles. The fourth-order valence-corrected chi connectivity index (χ4v) is 1.60. The summed E-state index contributed by atoms with van der Waals surface area (Å²) in [7, 11) is 3.86. The van der Waals surface area contributed by atoms with Gasteiger partial charge in [0.25, 0.3) is 0 Å². The highest BCUT2D eigenvalue weighted by Gasteiger charge is 2.03. The van der Waals surface area contributed by atoms with Crippen LogP contribution in [-0.4, -0.2) is 51.3 Å². The van der Waals surface area contributed by atoms with E-state index in [9.17, 15) is 9.18 Å². The molecule has 0 fully saturated rings. The van der Waals surface area contributed by atoms with E-state index in [1.54, 1.807) is 0 Å². The van der Waals surface area contributed by atoms with Crippen LogP contribution in [0.3, 0.4) is 0 Å². The molecule has 1 rings (SSSR count). The Morgan fingerprint density at radius 1 is 1.35 bits per heavy atom. The van der Waals surface area contributed by atoms with Gasteiger partial charge in [-0.2, -0.15) is 0 Å². The largest absolute Gasteiger partial charge is 0.490 e. The minimum Gasteiger partial charge on any atom is -0.490 e. The van der Waals surface area contributed by atoms with Gasteiger partial charge in [-0.3, -0.25) is 0 Å². The maximum atomic E-state index is 12.8. The second-order valence-corrected chi connectivity index (χ2v) is 4.82. The summed E-state index contributed by atoms with van der Waals surface area (Å²) in [5.74, 6) is -0.0244. The summed E-state index contributed by atoms with van der Waals surface area (Å²) < 4.78 is 18.1. The van der Waals surface area contributed by atoms with Gasteiger partial charge in [-0.25, -0.2) is 9.18 Å². The molecule has 7 heteroatoms. The van der Waals surface area contributed by atoms with Crippen molar-refractivity contribution in [3.63, 3.8) is 0 Å². The lowest BCUT2D eigenvalue weighted by atomic mass is 10.3. The molecular weight excluding hydrogens is 285 g/mol. The third kappa shape index (κ3) is 6.58. The van der Waals surface area contributed by atoms with Gasteiger partial charge < -0.3 is 20.3 Å². The first-order chi connectivity index (χ1) is 9.49. The Balaban J connectivity index is 2.16. The smallest absolute Gasteiger partial charge is 0.314 e. The van der Waals surface area contributed by atoms with Crippen LogP contribution in [0.2, 0.25) is 5.02 Å². The average molecular weight is 304 g/mol. The second kappa shape index (κ2) is 8.60. The Morgan fingerprint density at radius 3 is 2.70 bits per heavy atom. The average Bonchev–Trinajstić information content (AvgIpc) is 2.36. The summed E-state index contributed by atoms with van der Waals surface area (Å²) in [4.78, 5) is 13.3. The predicted octanol–water partition coefficient (Wildman–Crippen LogP) is 1.72. The van der Waals surface area contributed by atoms with Crippen LogP contribution < -0.4 is 15.4 Å². The minimum atomic E-state index is -0.416. The summed E-state index contributed by atoms with van der Waals surface area (Å²) in [6, 6.07) is 3.65. The molecule has 0 unspecified atom stereocenters. The monoisotopic (exact) mass is 303 g/mol. The number of halogens is 2. The van der Waals surface area contributed by atoms with Gasteiger partial charge >= 0.3 is 6.03 Å². The summed E-state index contributed by atoms with van der Waals surface area (Å²) in [5, 5.41) is 5.56. The second-order valence-electron chi connectivity index (χ2n) is 4.41. The predicted molar refractivity (Wildman–Crippen MR) is 76.9 cm³/mol. The van der Waals surface area contributed by atoms with Crippen molar-refractivity contribution in [3.05, 3.63) is 29.0 Å². The van der Waals surface area contributed by atoms with Crippen LogP contribution in [0.15, 0.2) is 18.2 Å². The minimum absolute atomic E-state index is 0.209. The molecule has 0 saturated heterocycles. The van der Waals surface area contributed by atoms with Gasteiger partial charge in [-0.05, 0) is 32.3 Å². The molecule has 1 aromatic rings. The fraction of sp³-hybridized carbons (Fsp3) is 0.462. The van der Waals surface area contributed by atoms with Gasteiger partial charge in [0.2, 0.25) is 0 Å². The molecule has 0 radical (unpaired) electrons. The zero-order valence-corrected chi connectivity index (χ0v) is 12.3. The number of hydrogen-bond donors (Lipinski definition) is 2. The van der Waals surface area contributed by atoms with Gasteiger partial charge in [-0.1, -0.05) is 11.6 Å². The van der Waals surface area contributed by atoms with Gasteiger partial charge in [0.05, 0.1) is 11.6 Å². The number of urea groups is 1. The first-order valence-electron chi connectivity index (χ1n) is 6.23. The van der Waals surface area contributed by atoms with Crippen molar-refractivity contribution in [1.29, 1.82) is 0 Å². The SMILES string of the molecule is CN(C)CCNC(=O)NCCOc1ccc(F)cc1Cl. The summed E-state index contributed by atoms with van der Waals surface area (Å²) in [5.41, 5.74) is 0. The van der Waals surface area contributed by atoms with E-state index in [2.05, 4.69) is 10.6 Å². The van der Waals surface area contributed by atoms with Crippen LogP contribution in [0, 0.1) is 5.82 Å². The van der Waals surface area contributed by atoms with Gasteiger partial charge in [0.15, 0.2) is 0 Å². The Morgan fingerprint density at radius 2 is 2.05 bits per heavy atom. The Labute approximate surface area is 123 Å². The molecule has 0 heterocycles. The van der Waals surface area contributed by atoms with Gasteiger partial charge in [0.1, 0.15) is 18.2 Å². The van der Waals surface area contributed by atoms with Crippen LogP contribution in [0.5, 0.6) is 5.75 Å². The zero-order chi connectivity index (χ0) is 15.0.